The molecule has 0 atom stereocenters. The molecule has 18 heavy (non-hydrogen) atoms. The van der Waals surface area contributed by atoms with E-state index in [0.717, 1.165) is 12.2 Å². The fourth-order valence-electron chi connectivity index (χ4n) is 1.75. The van der Waals surface area contributed by atoms with Gasteiger partial charge in [-0.1, -0.05) is 19.1 Å². The molecule has 2 aromatic rings. The number of aromatic nitrogens is 2. The first-order chi connectivity index (χ1) is 8.70. The molecule has 1 N–H and O–H groups in total. The van der Waals surface area contributed by atoms with E-state index in [1.54, 1.807) is 24.3 Å². The van der Waals surface area contributed by atoms with Gasteiger partial charge in [-0.25, -0.2) is 14.4 Å². The smallest absolute Gasteiger partial charge is 0.143 e. The molecule has 0 radical (unpaired) electrons. The van der Waals surface area contributed by atoms with Crippen molar-refractivity contribution in [1.29, 1.82) is 0 Å². The Morgan fingerprint density at radius 1 is 1.22 bits per heavy atom. The Hall–Kier alpha value is -1.81. The maximum atomic E-state index is 13.7. The molecule has 0 aliphatic carbocycles. The first kappa shape index (κ1) is 12.6. The summed E-state index contributed by atoms with van der Waals surface area (Å²) in [6, 6.07) is 8.45. The van der Waals surface area contributed by atoms with Crippen molar-refractivity contribution in [2.75, 3.05) is 6.54 Å². The van der Waals surface area contributed by atoms with E-state index in [9.17, 15) is 4.39 Å². The van der Waals surface area contributed by atoms with E-state index in [2.05, 4.69) is 15.3 Å². The molecular weight excluding hydrogens is 229 g/mol. The normalized spacial score (nSPS) is 10.6. The summed E-state index contributed by atoms with van der Waals surface area (Å²) in [6.07, 6.45) is 0. The summed E-state index contributed by atoms with van der Waals surface area (Å²) < 4.78 is 13.7. The lowest BCUT2D eigenvalue weighted by Gasteiger charge is -2.07. The van der Waals surface area contributed by atoms with Gasteiger partial charge in [-0.15, -0.1) is 0 Å². The number of hydrogen-bond donors (Lipinski definition) is 1. The lowest BCUT2D eigenvalue weighted by Crippen LogP contribution is -2.15. The molecule has 2 rings (SSSR count). The quantitative estimate of drug-likeness (QED) is 0.900. The second kappa shape index (κ2) is 5.69. The van der Waals surface area contributed by atoms with Crippen LogP contribution in [0.1, 0.15) is 18.4 Å². The van der Waals surface area contributed by atoms with E-state index in [1.807, 2.05) is 13.8 Å². The highest BCUT2D eigenvalue weighted by Gasteiger charge is 2.08. The zero-order valence-corrected chi connectivity index (χ0v) is 10.6. The summed E-state index contributed by atoms with van der Waals surface area (Å²) in [6.45, 7) is 5.36. The van der Waals surface area contributed by atoms with Crippen LogP contribution in [0.2, 0.25) is 0 Å². The van der Waals surface area contributed by atoms with Gasteiger partial charge in [0.05, 0.1) is 12.2 Å². The number of benzene rings is 1. The molecule has 0 bridgehead atoms. The van der Waals surface area contributed by atoms with Gasteiger partial charge in [0.2, 0.25) is 0 Å². The van der Waals surface area contributed by atoms with Gasteiger partial charge < -0.3 is 5.32 Å². The van der Waals surface area contributed by atoms with Crippen LogP contribution < -0.4 is 5.32 Å². The Balaban J connectivity index is 2.39. The van der Waals surface area contributed by atoms with Crippen LogP contribution in [0.4, 0.5) is 4.39 Å². The highest BCUT2D eigenvalue weighted by Crippen LogP contribution is 2.20. The van der Waals surface area contributed by atoms with Crippen molar-refractivity contribution < 1.29 is 4.39 Å². The zero-order chi connectivity index (χ0) is 13.0. The topological polar surface area (TPSA) is 37.8 Å². The molecule has 0 saturated heterocycles. The predicted molar refractivity (Wildman–Crippen MR) is 69.5 cm³/mol. The van der Waals surface area contributed by atoms with Crippen molar-refractivity contribution in [1.82, 2.24) is 15.3 Å². The summed E-state index contributed by atoms with van der Waals surface area (Å²) in [5.41, 5.74) is 1.99. The predicted octanol–water partition coefficient (Wildman–Crippen LogP) is 2.70. The highest BCUT2D eigenvalue weighted by atomic mass is 19.1. The minimum Gasteiger partial charge on any atom is -0.310 e. The van der Waals surface area contributed by atoms with Crippen molar-refractivity contribution in [2.45, 2.75) is 20.4 Å². The Kier molecular flexibility index (Phi) is 3.99. The Morgan fingerprint density at radius 2 is 2.00 bits per heavy atom. The van der Waals surface area contributed by atoms with Crippen LogP contribution in [0, 0.1) is 12.7 Å². The Morgan fingerprint density at radius 3 is 2.72 bits per heavy atom. The molecule has 94 valence electrons. The van der Waals surface area contributed by atoms with Crippen LogP contribution in [-0.2, 0) is 6.54 Å². The molecule has 1 aromatic carbocycles. The van der Waals surface area contributed by atoms with Crippen LogP contribution in [0.5, 0.6) is 0 Å². The Bertz CT molecular complexity index is 540. The van der Waals surface area contributed by atoms with Gasteiger partial charge in [0, 0.05) is 11.3 Å². The number of halogens is 1. The molecule has 0 spiro atoms. The molecule has 0 unspecified atom stereocenters. The summed E-state index contributed by atoms with van der Waals surface area (Å²) in [7, 11) is 0. The zero-order valence-electron chi connectivity index (χ0n) is 10.6. The third-order valence-corrected chi connectivity index (χ3v) is 2.58. The molecule has 4 heteroatoms. The fourth-order valence-corrected chi connectivity index (χ4v) is 1.75. The monoisotopic (exact) mass is 245 g/mol. The number of aryl methyl sites for hydroxylation is 1. The van der Waals surface area contributed by atoms with Gasteiger partial charge in [-0.05, 0) is 31.7 Å². The SMILES string of the molecule is CCNCc1nc(C)cc(-c2ccccc2F)n1. The lowest BCUT2D eigenvalue weighted by atomic mass is 10.1. The van der Waals surface area contributed by atoms with E-state index in [0.29, 0.717) is 23.6 Å². The van der Waals surface area contributed by atoms with Crippen molar-refractivity contribution in [3.63, 3.8) is 0 Å². The van der Waals surface area contributed by atoms with Crippen molar-refractivity contribution in [2.24, 2.45) is 0 Å². The molecular formula is C14H16FN3. The Labute approximate surface area is 106 Å². The van der Waals surface area contributed by atoms with Gasteiger partial charge >= 0.3 is 0 Å². The van der Waals surface area contributed by atoms with Crippen molar-refractivity contribution in [3.05, 3.63) is 47.7 Å². The maximum absolute atomic E-state index is 13.7. The van der Waals surface area contributed by atoms with E-state index in [1.165, 1.54) is 6.07 Å². The van der Waals surface area contributed by atoms with Crippen LogP contribution in [-0.4, -0.2) is 16.5 Å². The van der Waals surface area contributed by atoms with Gasteiger partial charge in [0.1, 0.15) is 11.6 Å². The molecule has 0 aliphatic rings. The minimum absolute atomic E-state index is 0.259. The average Bonchev–Trinajstić information content (AvgIpc) is 2.36. The van der Waals surface area contributed by atoms with E-state index >= 15 is 0 Å². The van der Waals surface area contributed by atoms with Crippen molar-refractivity contribution >= 4 is 0 Å². The summed E-state index contributed by atoms with van der Waals surface area (Å²) in [5, 5.41) is 3.17. The number of nitrogens with zero attached hydrogens (tertiary/aromatic N) is 2. The molecule has 3 nitrogen and oxygen atoms in total. The number of hydrogen-bond acceptors (Lipinski definition) is 3. The lowest BCUT2D eigenvalue weighted by molar-refractivity contribution is 0.630. The summed E-state index contributed by atoms with van der Waals surface area (Å²) in [4.78, 5) is 8.72. The second-order valence-electron chi connectivity index (χ2n) is 4.07. The highest BCUT2D eigenvalue weighted by molar-refractivity contribution is 5.59. The van der Waals surface area contributed by atoms with E-state index < -0.39 is 0 Å². The molecule has 1 aromatic heterocycles. The average molecular weight is 245 g/mol. The third kappa shape index (κ3) is 2.90. The fraction of sp³-hybridized carbons (Fsp3) is 0.286. The summed E-state index contributed by atoms with van der Waals surface area (Å²) >= 11 is 0. The molecule has 1 heterocycles. The second-order valence-corrected chi connectivity index (χ2v) is 4.07. The van der Waals surface area contributed by atoms with Crippen LogP contribution >= 0.6 is 0 Å². The maximum Gasteiger partial charge on any atom is 0.143 e. The van der Waals surface area contributed by atoms with E-state index in [4.69, 9.17) is 0 Å². The largest absolute Gasteiger partial charge is 0.310 e. The van der Waals surface area contributed by atoms with Gasteiger partial charge in [0.25, 0.3) is 0 Å². The van der Waals surface area contributed by atoms with Crippen LogP contribution in [0.25, 0.3) is 11.3 Å². The van der Waals surface area contributed by atoms with Gasteiger partial charge in [0.15, 0.2) is 0 Å². The molecule has 0 amide bonds. The van der Waals surface area contributed by atoms with Gasteiger partial charge in [-0.3, -0.25) is 0 Å². The van der Waals surface area contributed by atoms with Gasteiger partial charge in [-0.2, -0.15) is 0 Å². The molecule has 0 aliphatic heterocycles. The van der Waals surface area contributed by atoms with Crippen LogP contribution in [0.15, 0.2) is 30.3 Å². The first-order valence-electron chi connectivity index (χ1n) is 6.01. The summed E-state index contributed by atoms with van der Waals surface area (Å²) in [5.74, 6) is 0.431. The van der Waals surface area contributed by atoms with E-state index in [-0.39, 0.29) is 5.82 Å². The molecule has 0 fully saturated rings. The third-order valence-electron chi connectivity index (χ3n) is 2.58. The van der Waals surface area contributed by atoms with Crippen molar-refractivity contribution in [3.8, 4) is 11.3 Å². The first-order valence-corrected chi connectivity index (χ1v) is 6.01. The molecule has 0 saturated carbocycles. The number of nitrogens with one attached hydrogen (secondary N) is 1. The number of rotatable bonds is 4. The standard InChI is InChI=1S/C14H16FN3/c1-3-16-9-14-17-10(2)8-13(18-14)11-6-4-5-7-12(11)15/h4-8,16H,3,9H2,1-2H3. The van der Waals surface area contributed by atoms with Crippen LogP contribution in [0.3, 0.4) is 0 Å². The minimum atomic E-state index is -0.259.